The number of hydrogen-bond donors (Lipinski definition) is 2. The minimum Gasteiger partial charge on any atom is -0.483 e. The molecule has 0 radical (unpaired) electrons. The van der Waals surface area contributed by atoms with E-state index in [1.807, 2.05) is 13.8 Å². The maximum absolute atomic E-state index is 12.3. The summed E-state index contributed by atoms with van der Waals surface area (Å²) in [6, 6.07) is 7.55. The Balaban J connectivity index is 1.61. The molecule has 3 aromatic rings. The van der Waals surface area contributed by atoms with Gasteiger partial charge in [0.05, 0.1) is 9.37 Å². The summed E-state index contributed by atoms with van der Waals surface area (Å²) in [6.07, 6.45) is 1.51. The van der Waals surface area contributed by atoms with Crippen molar-refractivity contribution >= 4 is 65.6 Å². The number of anilines is 2. The number of carbonyl (C=O) groups is 1. The van der Waals surface area contributed by atoms with E-state index in [2.05, 4.69) is 31.0 Å². The Labute approximate surface area is 191 Å². The third-order valence-electron chi connectivity index (χ3n) is 4.03. The SMILES string of the molecule is Cc1cc(OCC(=O)Nc2ccc(S(=O)(=O)Nc3nccs3)cc2)c(Br)c(C)c1Cl. The summed E-state index contributed by atoms with van der Waals surface area (Å²) in [4.78, 5) is 16.2. The van der Waals surface area contributed by atoms with Gasteiger partial charge in [-0.25, -0.2) is 13.4 Å². The minimum atomic E-state index is -3.75. The predicted octanol–water partition coefficient (Wildman–Crippen LogP) is 4.99. The maximum atomic E-state index is 12.3. The molecular formula is C19H17BrClN3O4S2. The van der Waals surface area contributed by atoms with Crippen molar-refractivity contribution in [3.63, 3.8) is 0 Å². The Morgan fingerprint density at radius 2 is 1.97 bits per heavy atom. The van der Waals surface area contributed by atoms with E-state index in [4.69, 9.17) is 16.3 Å². The van der Waals surface area contributed by atoms with Crippen molar-refractivity contribution in [2.45, 2.75) is 18.7 Å². The summed E-state index contributed by atoms with van der Waals surface area (Å²) in [5.74, 6) is 0.128. The highest BCUT2D eigenvalue weighted by molar-refractivity contribution is 9.10. The second-order valence-corrected chi connectivity index (χ2v) is 10.00. The predicted molar refractivity (Wildman–Crippen MR) is 122 cm³/mol. The van der Waals surface area contributed by atoms with E-state index in [0.29, 0.717) is 20.9 Å². The summed E-state index contributed by atoms with van der Waals surface area (Å²) < 4.78 is 33.3. The molecule has 0 spiro atoms. The van der Waals surface area contributed by atoms with E-state index < -0.39 is 10.0 Å². The lowest BCUT2D eigenvalue weighted by Gasteiger charge is -2.13. The summed E-state index contributed by atoms with van der Waals surface area (Å²) >= 11 is 10.8. The molecule has 3 rings (SSSR count). The van der Waals surface area contributed by atoms with Crippen LogP contribution in [0.25, 0.3) is 0 Å². The van der Waals surface area contributed by atoms with Crippen LogP contribution in [0.4, 0.5) is 10.8 Å². The first-order chi connectivity index (χ1) is 14.2. The van der Waals surface area contributed by atoms with Gasteiger partial charge in [0.1, 0.15) is 5.75 Å². The van der Waals surface area contributed by atoms with Crippen molar-refractivity contribution in [1.29, 1.82) is 0 Å². The normalized spacial score (nSPS) is 11.2. The Kier molecular flexibility index (Phi) is 7.02. The molecule has 0 bridgehead atoms. The highest BCUT2D eigenvalue weighted by Gasteiger charge is 2.16. The first-order valence-electron chi connectivity index (χ1n) is 8.57. The largest absolute Gasteiger partial charge is 0.483 e. The topological polar surface area (TPSA) is 97.4 Å². The quantitative estimate of drug-likeness (QED) is 0.448. The molecule has 0 atom stereocenters. The molecule has 1 aromatic heterocycles. The average Bonchev–Trinajstić information content (AvgIpc) is 3.21. The summed E-state index contributed by atoms with van der Waals surface area (Å²) in [5.41, 5.74) is 2.12. The molecule has 158 valence electrons. The Bertz CT molecular complexity index is 1170. The number of ether oxygens (including phenoxy) is 1. The van der Waals surface area contributed by atoms with Crippen molar-refractivity contribution in [3.8, 4) is 5.75 Å². The van der Waals surface area contributed by atoms with Crippen molar-refractivity contribution in [1.82, 2.24) is 4.98 Å². The number of aryl methyl sites for hydroxylation is 1. The molecule has 0 fully saturated rings. The van der Waals surface area contributed by atoms with E-state index in [1.165, 1.54) is 41.8 Å². The van der Waals surface area contributed by atoms with Crippen LogP contribution in [0.1, 0.15) is 11.1 Å². The van der Waals surface area contributed by atoms with Gasteiger partial charge in [0.2, 0.25) is 0 Å². The van der Waals surface area contributed by atoms with Crippen LogP contribution in [0.5, 0.6) is 5.75 Å². The molecule has 0 unspecified atom stereocenters. The van der Waals surface area contributed by atoms with Gasteiger partial charge in [-0.3, -0.25) is 9.52 Å². The standard InChI is InChI=1S/C19H17BrClN3O4S2/c1-11-9-15(17(20)12(2)18(11)21)28-10-16(25)23-13-3-5-14(6-4-13)30(26,27)24-19-22-7-8-29-19/h3-9H,10H2,1-2H3,(H,22,24)(H,23,25). The zero-order valence-electron chi connectivity index (χ0n) is 15.9. The number of halogens is 2. The maximum Gasteiger partial charge on any atom is 0.263 e. The van der Waals surface area contributed by atoms with Gasteiger partial charge in [-0.1, -0.05) is 11.6 Å². The van der Waals surface area contributed by atoms with Crippen LogP contribution in [0.3, 0.4) is 0 Å². The number of benzene rings is 2. The van der Waals surface area contributed by atoms with E-state index in [1.54, 1.807) is 11.4 Å². The lowest BCUT2D eigenvalue weighted by molar-refractivity contribution is -0.118. The van der Waals surface area contributed by atoms with E-state index >= 15 is 0 Å². The molecule has 30 heavy (non-hydrogen) atoms. The highest BCUT2D eigenvalue weighted by Crippen LogP contribution is 2.35. The fourth-order valence-corrected chi connectivity index (χ4v) is 4.99. The lowest BCUT2D eigenvalue weighted by atomic mass is 10.1. The first kappa shape index (κ1) is 22.5. The third-order valence-corrected chi connectivity index (χ3v) is 7.77. The van der Waals surface area contributed by atoms with E-state index in [9.17, 15) is 13.2 Å². The van der Waals surface area contributed by atoms with Crippen molar-refractivity contribution in [2.24, 2.45) is 0 Å². The molecule has 0 saturated heterocycles. The van der Waals surface area contributed by atoms with Crippen molar-refractivity contribution in [2.75, 3.05) is 16.6 Å². The lowest BCUT2D eigenvalue weighted by Crippen LogP contribution is -2.20. The molecule has 11 heteroatoms. The van der Waals surface area contributed by atoms with Crippen LogP contribution in [-0.2, 0) is 14.8 Å². The van der Waals surface area contributed by atoms with Crippen LogP contribution in [0, 0.1) is 13.8 Å². The second-order valence-electron chi connectivity index (χ2n) is 6.25. The van der Waals surface area contributed by atoms with Crippen LogP contribution < -0.4 is 14.8 Å². The van der Waals surface area contributed by atoms with Gasteiger partial charge >= 0.3 is 0 Å². The van der Waals surface area contributed by atoms with Crippen LogP contribution in [0.2, 0.25) is 5.02 Å². The van der Waals surface area contributed by atoms with Gasteiger partial charge in [-0.2, -0.15) is 0 Å². The fraction of sp³-hybridized carbons (Fsp3) is 0.158. The molecule has 0 aliphatic carbocycles. The summed E-state index contributed by atoms with van der Waals surface area (Å²) in [6.45, 7) is 3.49. The third kappa shape index (κ3) is 5.31. The monoisotopic (exact) mass is 529 g/mol. The molecule has 1 amide bonds. The number of rotatable bonds is 7. The Morgan fingerprint density at radius 1 is 1.27 bits per heavy atom. The van der Waals surface area contributed by atoms with Crippen molar-refractivity contribution in [3.05, 3.63) is 62.5 Å². The number of nitrogens with zero attached hydrogens (tertiary/aromatic N) is 1. The fourth-order valence-electron chi connectivity index (χ4n) is 2.51. The number of aromatic nitrogens is 1. The van der Waals surface area contributed by atoms with E-state index in [0.717, 1.165) is 11.1 Å². The first-order valence-corrected chi connectivity index (χ1v) is 12.1. The highest BCUT2D eigenvalue weighted by atomic mass is 79.9. The van der Waals surface area contributed by atoms with E-state index in [-0.39, 0.29) is 22.5 Å². The van der Waals surface area contributed by atoms with Gasteiger partial charge in [-0.05, 0) is 71.2 Å². The number of hydrogen-bond acceptors (Lipinski definition) is 6. The molecule has 0 aliphatic heterocycles. The summed E-state index contributed by atoms with van der Waals surface area (Å²) in [5, 5.41) is 5.25. The molecule has 0 aliphatic rings. The smallest absolute Gasteiger partial charge is 0.263 e. The van der Waals surface area contributed by atoms with Crippen LogP contribution in [-0.4, -0.2) is 25.9 Å². The zero-order valence-corrected chi connectivity index (χ0v) is 19.9. The van der Waals surface area contributed by atoms with Crippen LogP contribution >= 0.6 is 38.9 Å². The molecule has 0 saturated carbocycles. The second kappa shape index (κ2) is 9.34. The molecule has 2 aromatic carbocycles. The van der Waals surface area contributed by atoms with Crippen LogP contribution in [0.15, 0.2) is 51.3 Å². The molecule has 1 heterocycles. The van der Waals surface area contributed by atoms with Crippen molar-refractivity contribution < 1.29 is 17.9 Å². The molecule has 7 nitrogen and oxygen atoms in total. The molecule has 2 N–H and O–H groups in total. The van der Waals surface area contributed by atoms with Gasteiger partial charge in [0, 0.05) is 22.3 Å². The van der Waals surface area contributed by atoms with Gasteiger partial charge in [0.15, 0.2) is 11.7 Å². The van der Waals surface area contributed by atoms with Gasteiger partial charge < -0.3 is 10.1 Å². The summed E-state index contributed by atoms with van der Waals surface area (Å²) in [7, 11) is -3.75. The number of amides is 1. The number of sulfonamides is 1. The Hall–Kier alpha value is -2.14. The Morgan fingerprint density at radius 3 is 2.60 bits per heavy atom. The van der Waals surface area contributed by atoms with Gasteiger partial charge in [-0.15, -0.1) is 11.3 Å². The number of thiazole rings is 1. The van der Waals surface area contributed by atoms with Gasteiger partial charge in [0.25, 0.3) is 15.9 Å². The number of nitrogens with one attached hydrogen (secondary N) is 2. The zero-order chi connectivity index (χ0) is 21.9. The average molecular weight is 531 g/mol. The minimum absolute atomic E-state index is 0.0583. The number of carbonyl (C=O) groups excluding carboxylic acids is 1. The molecular weight excluding hydrogens is 514 g/mol.